The van der Waals surface area contributed by atoms with E-state index < -0.39 is 70.5 Å². The number of allylic oxidation sites excluding steroid dienone is 4. The van der Waals surface area contributed by atoms with Gasteiger partial charge in [-0.2, -0.15) is 0 Å². The molecule has 5 aliphatic rings. The zero-order valence-electron chi connectivity index (χ0n) is 28.9. The molecule has 1 aromatic carbocycles. The van der Waals surface area contributed by atoms with Crippen LogP contribution in [-0.2, 0) is 19.1 Å². The van der Waals surface area contributed by atoms with Crippen LogP contribution in [-0.4, -0.2) is 97.1 Å². The molecule has 3 saturated carbocycles. The summed E-state index contributed by atoms with van der Waals surface area (Å²) in [5.41, 5.74) is -4.19. The van der Waals surface area contributed by atoms with E-state index in [9.17, 15) is 30.0 Å². The summed E-state index contributed by atoms with van der Waals surface area (Å²) in [4.78, 5) is 30.2. The highest BCUT2D eigenvalue weighted by Crippen LogP contribution is 2.70. The molecule has 2 heterocycles. The number of aliphatic hydroxyl groups excluding tert-OH is 3. The van der Waals surface area contributed by atoms with Crippen LogP contribution < -0.4 is 5.32 Å². The Bertz CT molecular complexity index is 1790. The lowest BCUT2D eigenvalue weighted by molar-refractivity contribution is -0.219. The second-order valence-corrected chi connectivity index (χ2v) is 16.5. The van der Waals surface area contributed by atoms with Gasteiger partial charge in [0.2, 0.25) is 0 Å². The molecule has 1 aliphatic heterocycles. The van der Waals surface area contributed by atoms with Crippen LogP contribution >= 0.6 is 23.2 Å². The third-order valence-corrected chi connectivity index (χ3v) is 13.8. The Kier molecular flexibility index (Phi) is 9.52. The Morgan fingerprint density at radius 1 is 1.16 bits per heavy atom. The van der Waals surface area contributed by atoms with E-state index >= 15 is 4.39 Å². The topological polar surface area (TPSA) is 163 Å². The number of benzene rings is 1. The fourth-order valence-corrected chi connectivity index (χ4v) is 10.5. The van der Waals surface area contributed by atoms with Crippen LogP contribution in [0.2, 0.25) is 10.0 Å². The molecule has 12 atom stereocenters. The highest BCUT2D eigenvalue weighted by Gasteiger charge is 2.75. The molecule has 14 heteroatoms. The molecule has 1 saturated heterocycles. The van der Waals surface area contributed by atoms with Gasteiger partial charge in [-0.3, -0.25) is 9.59 Å². The highest BCUT2D eigenvalue weighted by atomic mass is 35.5. The predicted molar refractivity (Wildman–Crippen MR) is 187 cm³/mol. The molecule has 0 spiro atoms. The zero-order valence-corrected chi connectivity index (χ0v) is 30.4. The molecule has 4 aliphatic carbocycles. The van der Waals surface area contributed by atoms with E-state index in [1.165, 1.54) is 18.5 Å². The van der Waals surface area contributed by atoms with Gasteiger partial charge in [0, 0.05) is 29.9 Å². The van der Waals surface area contributed by atoms with Crippen LogP contribution in [0.15, 0.2) is 42.3 Å². The Morgan fingerprint density at radius 2 is 1.90 bits per heavy atom. The number of carbonyl (C=O) groups excluding carboxylic acids is 2. The maximum atomic E-state index is 17.4. The average molecular weight is 751 g/mol. The summed E-state index contributed by atoms with van der Waals surface area (Å²) in [6.45, 7) is 5.98. The first kappa shape index (κ1) is 36.9. The molecule has 1 unspecified atom stereocenters. The number of hydrogen-bond acceptors (Lipinski definition) is 9. The van der Waals surface area contributed by atoms with Crippen molar-refractivity contribution in [3.8, 4) is 0 Å². The largest absolute Gasteiger partial charge is 0.390 e. The van der Waals surface area contributed by atoms with Crippen molar-refractivity contribution in [3.05, 3.63) is 52.3 Å². The number of hydrogen-bond donors (Lipinski definition) is 5. The summed E-state index contributed by atoms with van der Waals surface area (Å²) >= 11 is 12.3. The van der Waals surface area contributed by atoms with E-state index in [4.69, 9.17) is 32.7 Å². The molecule has 1 amide bonds. The smallest absolute Gasteiger partial charge is 0.252 e. The van der Waals surface area contributed by atoms with Crippen molar-refractivity contribution < 1.29 is 43.9 Å². The number of imidazole rings is 1. The zero-order chi connectivity index (χ0) is 36.7. The number of nitrogens with zero attached hydrogens (tertiary/aromatic N) is 2. The Morgan fingerprint density at radius 3 is 2.67 bits per heavy atom. The van der Waals surface area contributed by atoms with Crippen LogP contribution in [0.1, 0.15) is 65.5 Å². The van der Waals surface area contributed by atoms with Gasteiger partial charge in [-0.05, 0) is 81.6 Å². The summed E-state index contributed by atoms with van der Waals surface area (Å²) in [5.74, 6) is -2.11. The number of rotatable bonds is 9. The van der Waals surface area contributed by atoms with Crippen molar-refractivity contribution >= 4 is 45.9 Å². The lowest BCUT2D eigenvalue weighted by Gasteiger charge is -2.62. The summed E-state index contributed by atoms with van der Waals surface area (Å²) in [5, 5.41) is 48.7. The van der Waals surface area contributed by atoms with Crippen LogP contribution in [0.25, 0.3) is 11.0 Å². The number of alkyl halides is 1. The molecule has 7 rings (SSSR count). The number of aromatic nitrogens is 2. The second-order valence-electron chi connectivity index (χ2n) is 15.7. The third kappa shape index (κ3) is 5.46. The fraction of sp³-hybridized carbons (Fsp3) is 0.649. The third-order valence-electron chi connectivity index (χ3n) is 13.1. The summed E-state index contributed by atoms with van der Waals surface area (Å²) < 4.78 is 30.7. The van der Waals surface area contributed by atoms with Gasteiger partial charge in [-0.1, -0.05) is 48.7 Å². The number of carbonyl (C=O) groups is 2. The number of aliphatic hydroxyl groups is 4. The molecule has 5 N–H and O–H groups in total. The SMILES string of the molecule is C[C@@H]1CC2[C@@H]3CCC4=CC(=O)C=C[C@]4(C)[C@@]3(F)[C@@H](O)C[C@]2(C)[C@@]1(O)C(=O)NCCCCOC[C@H]1O[C@@H](n2cnc3cc(Cl)c(Cl)cc32)[C@H](O)[C@@H]1O. The molecule has 0 radical (unpaired) electrons. The number of halogens is 3. The highest BCUT2D eigenvalue weighted by molar-refractivity contribution is 6.42. The average Bonchev–Trinajstić information content (AvgIpc) is 3.67. The number of ketones is 1. The van der Waals surface area contributed by atoms with Gasteiger partial charge in [-0.25, -0.2) is 9.37 Å². The van der Waals surface area contributed by atoms with Crippen LogP contribution in [0.4, 0.5) is 4.39 Å². The first-order valence-electron chi connectivity index (χ1n) is 17.8. The summed E-state index contributed by atoms with van der Waals surface area (Å²) in [7, 11) is 0. The standard InChI is InChI=1S/C37H46Cl2FN3O8/c1-19-12-23-22-7-6-20-13-21(44)8-9-34(20,2)36(22,40)29(45)16-35(23,3)37(19,49)33(48)41-10-4-5-11-50-17-28-30(46)31(47)32(51-28)43-18-42-26-14-24(38)25(39)15-27(26)43/h8-9,13-15,18-19,22-23,28-32,45-47,49H,4-7,10-12,16-17H2,1-3H3,(H,41,48)/t19-,22+,23?,28-,29+,30-,31-,32-,34+,35+,36+,37+/m1/s1. The minimum Gasteiger partial charge on any atom is -0.390 e. The van der Waals surface area contributed by atoms with Crippen molar-refractivity contribution in [1.29, 1.82) is 0 Å². The fourth-order valence-electron chi connectivity index (χ4n) is 10.2. The Labute approximate surface area is 305 Å². The lowest BCUT2D eigenvalue weighted by Crippen LogP contribution is -2.70. The Balaban J connectivity index is 0.915. The van der Waals surface area contributed by atoms with Crippen molar-refractivity contribution in [1.82, 2.24) is 14.9 Å². The van der Waals surface area contributed by atoms with Crippen LogP contribution in [0, 0.1) is 28.6 Å². The summed E-state index contributed by atoms with van der Waals surface area (Å²) in [6, 6.07) is 3.24. The molecule has 2 aromatic rings. The first-order valence-corrected chi connectivity index (χ1v) is 18.6. The first-order chi connectivity index (χ1) is 24.1. The van der Waals surface area contributed by atoms with Gasteiger partial charge < -0.3 is 39.8 Å². The monoisotopic (exact) mass is 749 g/mol. The Hall–Kier alpha value is -2.42. The van der Waals surface area contributed by atoms with E-state index in [0.29, 0.717) is 65.4 Å². The minimum absolute atomic E-state index is 0.0271. The molecule has 278 valence electrons. The molecule has 0 bridgehead atoms. The number of fused-ring (bicyclic) bond motifs is 6. The van der Waals surface area contributed by atoms with E-state index in [2.05, 4.69) is 10.3 Å². The molecule has 1 aromatic heterocycles. The number of amides is 1. The van der Waals surface area contributed by atoms with Gasteiger partial charge >= 0.3 is 0 Å². The van der Waals surface area contributed by atoms with Crippen molar-refractivity contribution in [2.24, 2.45) is 28.6 Å². The van der Waals surface area contributed by atoms with Crippen molar-refractivity contribution in [2.75, 3.05) is 19.8 Å². The summed E-state index contributed by atoms with van der Waals surface area (Å²) in [6.07, 6.45) is 2.79. The lowest BCUT2D eigenvalue weighted by atomic mass is 9.44. The van der Waals surface area contributed by atoms with E-state index in [1.54, 1.807) is 29.7 Å². The van der Waals surface area contributed by atoms with E-state index in [-0.39, 0.29) is 31.3 Å². The van der Waals surface area contributed by atoms with Gasteiger partial charge in [0.1, 0.15) is 18.3 Å². The van der Waals surface area contributed by atoms with E-state index in [1.807, 2.05) is 13.8 Å². The minimum atomic E-state index is -2.03. The number of ether oxygens (including phenoxy) is 2. The van der Waals surface area contributed by atoms with Gasteiger partial charge in [-0.15, -0.1) is 0 Å². The van der Waals surface area contributed by atoms with E-state index in [0.717, 1.165) is 0 Å². The second kappa shape index (κ2) is 13.2. The maximum Gasteiger partial charge on any atom is 0.252 e. The van der Waals surface area contributed by atoms with Crippen LogP contribution in [0.3, 0.4) is 0 Å². The van der Waals surface area contributed by atoms with Gasteiger partial charge in [0.25, 0.3) is 5.91 Å². The van der Waals surface area contributed by atoms with Crippen LogP contribution in [0.5, 0.6) is 0 Å². The van der Waals surface area contributed by atoms with Gasteiger partial charge in [0.05, 0.1) is 40.1 Å². The van der Waals surface area contributed by atoms with Crippen molar-refractivity contribution in [3.63, 3.8) is 0 Å². The predicted octanol–water partition coefficient (Wildman–Crippen LogP) is 4.22. The maximum absolute atomic E-state index is 17.4. The van der Waals surface area contributed by atoms with Gasteiger partial charge in [0.15, 0.2) is 23.3 Å². The molecular formula is C37H46Cl2FN3O8. The quantitative estimate of drug-likeness (QED) is 0.236. The normalized spacial score (nSPS) is 41.7. The molecule has 4 fully saturated rings. The molecule has 51 heavy (non-hydrogen) atoms. The van der Waals surface area contributed by atoms with Crippen molar-refractivity contribution in [2.45, 2.75) is 101 Å². The number of unbranched alkanes of at least 4 members (excludes halogenated alkanes) is 1. The number of nitrogens with one attached hydrogen (secondary N) is 1. The molecule has 11 nitrogen and oxygen atoms in total. The molecular weight excluding hydrogens is 704 g/mol.